The predicted octanol–water partition coefficient (Wildman–Crippen LogP) is 4.11. The van der Waals surface area contributed by atoms with E-state index >= 15 is 0 Å². The molecule has 0 aliphatic rings. The normalized spacial score (nSPS) is 10.9. The van der Waals surface area contributed by atoms with Gasteiger partial charge >= 0.3 is 5.97 Å². The highest BCUT2D eigenvalue weighted by Crippen LogP contribution is 2.21. The van der Waals surface area contributed by atoms with Crippen LogP contribution in [-0.4, -0.2) is 31.3 Å². The number of aromatic carboxylic acids is 1. The smallest absolute Gasteiger partial charge is 0.337 e. The van der Waals surface area contributed by atoms with Crippen LogP contribution in [0.15, 0.2) is 85.1 Å². The maximum atomic E-state index is 11.3. The van der Waals surface area contributed by atoms with Gasteiger partial charge in [0.15, 0.2) is 5.82 Å². The Balaban J connectivity index is 1.53. The van der Waals surface area contributed by atoms with E-state index in [1.807, 2.05) is 42.5 Å². The van der Waals surface area contributed by atoms with Gasteiger partial charge in [0, 0.05) is 12.3 Å². The number of benzene rings is 3. The van der Waals surface area contributed by atoms with Gasteiger partial charge < -0.3 is 10.4 Å². The van der Waals surface area contributed by atoms with Crippen LogP contribution < -0.4 is 5.32 Å². The lowest BCUT2D eigenvalue weighted by Crippen LogP contribution is -2.02. The van der Waals surface area contributed by atoms with Crippen molar-refractivity contribution in [3.8, 4) is 16.8 Å². The number of nitrogens with zero attached hydrogens (tertiary/aromatic N) is 4. The van der Waals surface area contributed by atoms with Crippen LogP contribution in [0.2, 0.25) is 0 Å². The average molecular weight is 383 g/mol. The summed E-state index contributed by atoms with van der Waals surface area (Å²) in [5.41, 5.74) is 3.74. The summed E-state index contributed by atoms with van der Waals surface area (Å²) in [5.74, 6) is -0.484. The molecule has 29 heavy (non-hydrogen) atoms. The van der Waals surface area contributed by atoms with Crippen LogP contribution in [0.25, 0.3) is 22.9 Å². The molecule has 4 aromatic rings. The first-order chi connectivity index (χ1) is 14.2. The lowest BCUT2D eigenvalue weighted by Gasteiger charge is -2.06. The molecule has 4 rings (SSSR count). The van der Waals surface area contributed by atoms with Gasteiger partial charge in [0.1, 0.15) is 0 Å². The molecule has 0 aliphatic heterocycles. The molecule has 2 N–H and O–H groups in total. The summed E-state index contributed by atoms with van der Waals surface area (Å²) in [7, 11) is 0. The molecule has 1 aromatic heterocycles. The Kier molecular flexibility index (Phi) is 5.11. The third-order valence-electron chi connectivity index (χ3n) is 4.34. The highest BCUT2D eigenvalue weighted by Gasteiger charge is 2.08. The predicted molar refractivity (Wildman–Crippen MR) is 111 cm³/mol. The topological polar surface area (TPSA) is 92.9 Å². The van der Waals surface area contributed by atoms with E-state index < -0.39 is 5.97 Å². The minimum atomic E-state index is -0.996. The van der Waals surface area contributed by atoms with Crippen LogP contribution in [0.4, 0.5) is 5.69 Å². The summed E-state index contributed by atoms with van der Waals surface area (Å²) < 4.78 is 1.61. The van der Waals surface area contributed by atoms with Crippen molar-refractivity contribution in [2.75, 3.05) is 5.32 Å². The van der Waals surface area contributed by atoms with Gasteiger partial charge in [-0.15, -0.1) is 5.10 Å². The second-order valence-corrected chi connectivity index (χ2v) is 6.19. The maximum absolute atomic E-state index is 11.3. The number of rotatable bonds is 6. The van der Waals surface area contributed by atoms with E-state index in [0.717, 1.165) is 16.8 Å². The molecule has 0 atom stereocenters. The van der Waals surface area contributed by atoms with E-state index in [1.165, 1.54) is 6.07 Å². The summed E-state index contributed by atoms with van der Waals surface area (Å²) in [6.07, 6.45) is 3.30. The standard InChI is InChI=1S/C22H17N5O2/c28-22(29)19-8-4-5-9-20(19)23-15-14-21-24-25-26-27(21)18-12-10-17(11-13-18)16-6-2-1-3-7-16/h1-15,23H,(H,28,29)/b15-14+. The fourth-order valence-electron chi connectivity index (χ4n) is 2.91. The van der Waals surface area contributed by atoms with Gasteiger partial charge in [-0.25, -0.2) is 4.79 Å². The van der Waals surface area contributed by atoms with Gasteiger partial charge in [-0.1, -0.05) is 54.6 Å². The Morgan fingerprint density at radius 3 is 2.34 bits per heavy atom. The van der Waals surface area contributed by atoms with E-state index in [2.05, 4.69) is 33.0 Å². The Bertz CT molecular complexity index is 1150. The lowest BCUT2D eigenvalue weighted by atomic mass is 10.1. The van der Waals surface area contributed by atoms with E-state index in [-0.39, 0.29) is 5.56 Å². The van der Waals surface area contributed by atoms with Crippen LogP contribution in [0, 0.1) is 0 Å². The van der Waals surface area contributed by atoms with Gasteiger partial charge in [-0.3, -0.25) is 0 Å². The Morgan fingerprint density at radius 1 is 0.897 bits per heavy atom. The van der Waals surface area contributed by atoms with Crippen molar-refractivity contribution in [1.29, 1.82) is 0 Å². The summed E-state index contributed by atoms with van der Waals surface area (Å²) in [5, 5.41) is 24.0. The van der Waals surface area contributed by atoms with Gasteiger partial charge in [0.2, 0.25) is 0 Å². The van der Waals surface area contributed by atoms with Crippen molar-refractivity contribution in [3.63, 3.8) is 0 Å². The van der Waals surface area contributed by atoms with Crippen LogP contribution in [-0.2, 0) is 0 Å². The van der Waals surface area contributed by atoms with Gasteiger partial charge in [-0.05, 0) is 45.8 Å². The molecule has 0 saturated heterocycles. The first-order valence-corrected chi connectivity index (χ1v) is 8.92. The second-order valence-electron chi connectivity index (χ2n) is 6.19. The highest BCUT2D eigenvalue weighted by molar-refractivity contribution is 5.94. The Labute approximate surface area is 166 Å². The van der Waals surface area contributed by atoms with E-state index in [9.17, 15) is 9.90 Å². The van der Waals surface area contributed by atoms with E-state index in [4.69, 9.17) is 0 Å². The van der Waals surface area contributed by atoms with Gasteiger partial charge in [0.25, 0.3) is 0 Å². The van der Waals surface area contributed by atoms with Crippen molar-refractivity contribution in [2.24, 2.45) is 0 Å². The fraction of sp³-hybridized carbons (Fsp3) is 0. The molecule has 0 amide bonds. The van der Waals surface area contributed by atoms with Crippen molar-refractivity contribution in [2.45, 2.75) is 0 Å². The number of nitrogens with one attached hydrogen (secondary N) is 1. The number of aromatic nitrogens is 4. The number of hydrogen-bond donors (Lipinski definition) is 2. The van der Waals surface area contributed by atoms with E-state index in [0.29, 0.717) is 11.5 Å². The molecule has 0 fully saturated rings. The number of anilines is 1. The zero-order valence-corrected chi connectivity index (χ0v) is 15.3. The Hall–Kier alpha value is -4.26. The monoisotopic (exact) mass is 383 g/mol. The molecule has 0 unspecified atom stereocenters. The number of para-hydroxylation sites is 1. The highest BCUT2D eigenvalue weighted by atomic mass is 16.4. The summed E-state index contributed by atoms with van der Waals surface area (Å²) in [4.78, 5) is 11.3. The fourth-order valence-corrected chi connectivity index (χ4v) is 2.91. The third-order valence-corrected chi connectivity index (χ3v) is 4.34. The van der Waals surface area contributed by atoms with Crippen molar-refractivity contribution < 1.29 is 9.90 Å². The first-order valence-electron chi connectivity index (χ1n) is 8.92. The molecule has 0 saturated carbocycles. The molecular weight excluding hydrogens is 366 g/mol. The van der Waals surface area contributed by atoms with Crippen molar-refractivity contribution in [3.05, 3.63) is 96.5 Å². The number of carboxylic acids is 1. The lowest BCUT2D eigenvalue weighted by molar-refractivity contribution is 0.0698. The number of carbonyl (C=O) groups is 1. The molecule has 3 aromatic carbocycles. The van der Waals surface area contributed by atoms with Crippen molar-refractivity contribution >= 4 is 17.7 Å². The van der Waals surface area contributed by atoms with Crippen LogP contribution >= 0.6 is 0 Å². The molecule has 7 heteroatoms. The summed E-state index contributed by atoms with van der Waals surface area (Å²) in [6, 6.07) is 24.7. The molecule has 0 bridgehead atoms. The van der Waals surface area contributed by atoms with Crippen LogP contribution in [0.5, 0.6) is 0 Å². The van der Waals surface area contributed by atoms with Crippen LogP contribution in [0.3, 0.4) is 0 Å². The average Bonchev–Trinajstić information content (AvgIpc) is 3.23. The zero-order chi connectivity index (χ0) is 20.1. The van der Waals surface area contributed by atoms with Crippen molar-refractivity contribution in [1.82, 2.24) is 20.2 Å². The maximum Gasteiger partial charge on any atom is 0.337 e. The first kappa shape index (κ1) is 18.1. The molecule has 7 nitrogen and oxygen atoms in total. The minimum absolute atomic E-state index is 0.188. The molecule has 0 spiro atoms. The molecule has 142 valence electrons. The Morgan fingerprint density at radius 2 is 1.59 bits per heavy atom. The number of carboxylic acid groups (broad SMARTS) is 1. The van der Waals surface area contributed by atoms with Gasteiger partial charge in [0.05, 0.1) is 16.9 Å². The summed E-state index contributed by atoms with van der Waals surface area (Å²) in [6.45, 7) is 0. The molecule has 0 radical (unpaired) electrons. The summed E-state index contributed by atoms with van der Waals surface area (Å²) >= 11 is 0. The third kappa shape index (κ3) is 4.03. The SMILES string of the molecule is O=C(O)c1ccccc1N/C=C/c1nnnn1-c1ccc(-c2ccccc2)cc1. The van der Waals surface area contributed by atoms with E-state index in [1.54, 1.807) is 35.2 Å². The minimum Gasteiger partial charge on any atom is -0.478 e. The van der Waals surface area contributed by atoms with Gasteiger partial charge in [-0.2, -0.15) is 4.68 Å². The number of hydrogen-bond acceptors (Lipinski definition) is 5. The second kappa shape index (κ2) is 8.18. The van der Waals surface area contributed by atoms with Crippen LogP contribution in [0.1, 0.15) is 16.2 Å². The largest absolute Gasteiger partial charge is 0.478 e. The molecule has 0 aliphatic carbocycles. The quantitative estimate of drug-likeness (QED) is 0.520. The molecule has 1 heterocycles. The molecular formula is C22H17N5O2. The zero-order valence-electron chi connectivity index (χ0n) is 15.3. The number of tetrazole rings is 1.